The summed E-state index contributed by atoms with van der Waals surface area (Å²) in [5.41, 5.74) is 6.72. The smallest absolute Gasteiger partial charge is 0.164 e. The molecule has 0 saturated heterocycles. The van der Waals surface area contributed by atoms with Crippen molar-refractivity contribution in [1.29, 1.82) is 0 Å². The van der Waals surface area contributed by atoms with Gasteiger partial charge in [-0.15, -0.1) is 0 Å². The molecule has 4 heteroatoms. The lowest BCUT2D eigenvalue weighted by molar-refractivity contribution is 0.669. The summed E-state index contributed by atoms with van der Waals surface area (Å²) in [6, 6.07) is 61.7. The summed E-state index contributed by atoms with van der Waals surface area (Å²) in [5, 5.41) is 11.9. The zero-order valence-corrected chi connectivity index (χ0v) is 28.5. The summed E-state index contributed by atoms with van der Waals surface area (Å²) in [4.78, 5) is 15.0. The van der Waals surface area contributed by atoms with E-state index in [9.17, 15) is 0 Å². The Morgan fingerprint density at radius 3 is 1.55 bits per heavy atom. The van der Waals surface area contributed by atoms with Crippen molar-refractivity contribution in [3.05, 3.63) is 176 Å². The molecule has 0 bridgehead atoms. The van der Waals surface area contributed by atoms with Crippen LogP contribution >= 0.6 is 0 Å². The fraction of sp³-hybridized carbons (Fsp3) is 0. The molecule has 4 nitrogen and oxygen atoms in total. The van der Waals surface area contributed by atoms with Gasteiger partial charge in [0.1, 0.15) is 11.2 Å². The quantitative estimate of drug-likeness (QED) is 0.174. The highest BCUT2D eigenvalue weighted by atomic mass is 16.3. The number of rotatable bonds is 4. The van der Waals surface area contributed by atoms with Gasteiger partial charge in [-0.2, -0.15) is 0 Å². The number of nitrogens with zero attached hydrogens (tertiary/aromatic N) is 3. The van der Waals surface area contributed by atoms with E-state index in [1.807, 2.05) is 60.7 Å². The van der Waals surface area contributed by atoms with Crippen LogP contribution in [-0.4, -0.2) is 15.0 Å². The van der Waals surface area contributed by atoms with Crippen LogP contribution in [0.3, 0.4) is 0 Å². The summed E-state index contributed by atoms with van der Waals surface area (Å²) in [5.74, 6) is 1.86. The molecule has 0 fully saturated rings. The fourth-order valence-electron chi connectivity index (χ4n) is 7.93. The van der Waals surface area contributed by atoms with Crippen LogP contribution < -0.4 is 0 Å². The molecule has 0 N–H and O–H groups in total. The molecule has 2 aromatic heterocycles. The molecule has 246 valence electrons. The molecule has 0 saturated carbocycles. The largest absolute Gasteiger partial charge is 0.456 e. The standard InChI is InChI=1S/C49H29N3O/c1-3-12-32(13-4-1)47-50-48(33-14-5-2-6-15-33)52-49(51-47)42-29-45-46(40-18-10-9-17-37(40)42)43-28-35(23-26-44(43)53-45)34-20-19-31-22-24-38-36-16-8-7-11-30(36)21-25-39(38)41(31)27-34/h1-29H. The Labute approximate surface area is 304 Å². The van der Waals surface area contributed by atoms with E-state index in [1.54, 1.807) is 0 Å². The number of furan rings is 1. The summed E-state index contributed by atoms with van der Waals surface area (Å²) < 4.78 is 6.64. The van der Waals surface area contributed by atoms with Crippen LogP contribution in [0.4, 0.5) is 0 Å². The first-order chi connectivity index (χ1) is 26.2. The minimum Gasteiger partial charge on any atom is -0.456 e. The van der Waals surface area contributed by atoms with Gasteiger partial charge in [-0.1, -0.05) is 152 Å². The van der Waals surface area contributed by atoms with Gasteiger partial charge in [0.15, 0.2) is 17.5 Å². The van der Waals surface area contributed by atoms with Gasteiger partial charge < -0.3 is 4.42 Å². The van der Waals surface area contributed by atoms with Gasteiger partial charge in [0, 0.05) is 27.5 Å². The summed E-state index contributed by atoms with van der Waals surface area (Å²) in [6.45, 7) is 0. The van der Waals surface area contributed by atoms with E-state index < -0.39 is 0 Å². The van der Waals surface area contributed by atoms with Crippen molar-refractivity contribution in [2.45, 2.75) is 0 Å². The zero-order valence-electron chi connectivity index (χ0n) is 28.5. The highest BCUT2D eigenvalue weighted by Gasteiger charge is 2.19. The highest BCUT2D eigenvalue weighted by molar-refractivity contribution is 6.22. The van der Waals surface area contributed by atoms with Gasteiger partial charge in [-0.25, -0.2) is 15.0 Å². The number of benzene rings is 9. The average Bonchev–Trinajstić information content (AvgIpc) is 3.61. The number of fused-ring (bicyclic) bond motifs is 10. The molecule has 0 aliphatic heterocycles. The lowest BCUT2D eigenvalue weighted by Crippen LogP contribution is -2.00. The second-order valence-electron chi connectivity index (χ2n) is 13.6. The average molecular weight is 676 g/mol. The molecule has 0 spiro atoms. The molecule has 0 unspecified atom stereocenters. The maximum atomic E-state index is 6.64. The van der Waals surface area contributed by atoms with Gasteiger partial charge in [-0.05, 0) is 78.5 Å². The summed E-state index contributed by atoms with van der Waals surface area (Å²) in [7, 11) is 0. The van der Waals surface area contributed by atoms with Crippen LogP contribution in [0.1, 0.15) is 0 Å². The lowest BCUT2D eigenvalue weighted by Gasteiger charge is -2.11. The van der Waals surface area contributed by atoms with Gasteiger partial charge in [0.25, 0.3) is 0 Å². The summed E-state index contributed by atoms with van der Waals surface area (Å²) >= 11 is 0. The second-order valence-corrected chi connectivity index (χ2v) is 13.6. The van der Waals surface area contributed by atoms with Gasteiger partial charge >= 0.3 is 0 Å². The summed E-state index contributed by atoms with van der Waals surface area (Å²) in [6.07, 6.45) is 0. The van der Waals surface area contributed by atoms with Crippen molar-refractivity contribution in [2.75, 3.05) is 0 Å². The van der Waals surface area contributed by atoms with Crippen molar-refractivity contribution in [1.82, 2.24) is 15.0 Å². The van der Waals surface area contributed by atoms with Crippen LogP contribution in [0.2, 0.25) is 0 Å². The number of aromatic nitrogens is 3. The highest BCUT2D eigenvalue weighted by Crippen LogP contribution is 2.42. The lowest BCUT2D eigenvalue weighted by atomic mass is 9.94. The Morgan fingerprint density at radius 1 is 0.302 bits per heavy atom. The van der Waals surface area contributed by atoms with Crippen molar-refractivity contribution in [2.24, 2.45) is 0 Å². The predicted molar refractivity (Wildman–Crippen MR) is 219 cm³/mol. The second kappa shape index (κ2) is 11.7. The zero-order chi connectivity index (χ0) is 34.9. The topological polar surface area (TPSA) is 51.8 Å². The SMILES string of the molecule is c1ccc(-c2nc(-c3ccccc3)nc(-c3cc4oc5ccc(-c6ccc7ccc8c9ccccc9ccc8c7c6)cc5c4c4ccccc34)n2)cc1. The van der Waals surface area contributed by atoms with Gasteiger partial charge in [0.2, 0.25) is 0 Å². The first-order valence-electron chi connectivity index (χ1n) is 17.9. The number of hydrogen-bond acceptors (Lipinski definition) is 4. The van der Waals surface area contributed by atoms with Crippen molar-refractivity contribution < 1.29 is 4.42 Å². The Balaban J connectivity index is 1.10. The van der Waals surface area contributed by atoms with Crippen LogP contribution in [0.25, 0.3) is 110 Å². The van der Waals surface area contributed by atoms with E-state index in [0.29, 0.717) is 17.5 Å². The molecule has 0 amide bonds. The van der Waals surface area contributed by atoms with Crippen LogP contribution in [-0.2, 0) is 0 Å². The third-order valence-electron chi connectivity index (χ3n) is 10.5. The van der Waals surface area contributed by atoms with Crippen molar-refractivity contribution >= 4 is 65.0 Å². The monoisotopic (exact) mass is 675 g/mol. The van der Waals surface area contributed by atoms with E-state index in [4.69, 9.17) is 19.4 Å². The first-order valence-corrected chi connectivity index (χ1v) is 17.9. The van der Waals surface area contributed by atoms with Crippen LogP contribution in [0, 0.1) is 0 Å². The molecule has 0 radical (unpaired) electrons. The van der Waals surface area contributed by atoms with E-state index in [2.05, 4.69) is 115 Å². The van der Waals surface area contributed by atoms with Crippen LogP contribution in [0.5, 0.6) is 0 Å². The van der Waals surface area contributed by atoms with Crippen LogP contribution in [0.15, 0.2) is 180 Å². The molecule has 0 aliphatic carbocycles. The Morgan fingerprint density at radius 2 is 0.830 bits per heavy atom. The fourth-order valence-corrected chi connectivity index (χ4v) is 7.93. The molecule has 53 heavy (non-hydrogen) atoms. The van der Waals surface area contributed by atoms with Gasteiger partial charge in [0.05, 0.1) is 0 Å². The molecule has 2 heterocycles. The third kappa shape index (κ3) is 4.80. The predicted octanol–water partition coefficient (Wildman–Crippen LogP) is 13.1. The third-order valence-corrected chi connectivity index (χ3v) is 10.5. The normalized spacial score (nSPS) is 11.8. The Hall–Kier alpha value is -7.17. The molecule has 11 aromatic rings. The van der Waals surface area contributed by atoms with E-state index in [-0.39, 0.29) is 0 Å². The minimum absolute atomic E-state index is 0.605. The van der Waals surface area contributed by atoms with E-state index >= 15 is 0 Å². The molecule has 0 aliphatic rings. The molecular weight excluding hydrogens is 647 g/mol. The van der Waals surface area contributed by atoms with E-state index in [0.717, 1.165) is 55.0 Å². The minimum atomic E-state index is 0.605. The molecular formula is C49H29N3O. The Kier molecular flexibility index (Phi) is 6.52. The van der Waals surface area contributed by atoms with Crippen molar-refractivity contribution in [3.8, 4) is 45.3 Å². The first kappa shape index (κ1) is 29.5. The molecule has 0 atom stereocenters. The maximum Gasteiger partial charge on any atom is 0.164 e. The van der Waals surface area contributed by atoms with Gasteiger partial charge in [-0.3, -0.25) is 0 Å². The van der Waals surface area contributed by atoms with E-state index in [1.165, 1.54) is 37.9 Å². The number of hydrogen-bond donors (Lipinski definition) is 0. The van der Waals surface area contributed by atoms with Crippen molar-refractivity contribution in [3.63, 3.8) is 0 Å². The molecule has 11 rings (SSSR count). The molecule has 9 aromatic carbocycles. The Bertz CT molecular complexity index is 3160. The maximum absolute atomic E-state index is 6.64.